The van der Waals surface area contributed by atoms with E-state index in [2.05, 4.69) is 187 Å². The average Bonchev–Trinajstić information content (AvgIpc) is 3.77. The van der Waals surface area contributed by atoms with E-state index in [-0.39, 0.29) is 0 Å². The second-order valence-corrected chi connectivity index (χ2v) is 16.0. The third-order valence-electron chi connectivity index (χ3n) is 9.12. The van der Waals surface area contributed by atoms with Crippen molar-refractivity contribution in [3.8, 4) is 0 Å². The lowest BCUT2D eigenvalue weighted by Gasteiger charge is -2.25. The van der Waals surface area contributed by atoms with Crippen LogP contribution in [0.5, 0.6) is 0 Å². The minimum atomic E-state index is 0.905. The van der Waals surface area contributed by atoms with Gasteiger partial charge in [-0.25, -0.2) is 0 Å². The molecule has 55 heavy (non-hydrogen) atoms. The first-order valence-electron chi connectivity index (χ1n) is 17.8. The summed E-state index contributed by atoms with van der Waals surface area (Å²) in [6.45, 7) is 0. The first-order chi connectivity index (χ1) is 27.0. The molecule has 1 aliphatic carbocycles. The molecule has 0 amide bonds. The van der Waals surface area contributed by atoms with Gasteiger partial charge in [0.15, 0.2) is 0 Å². The van der Waals surface area contributed by atoms with E-state index in [0.717, 1.165) is 65.5 Å². The highest BCUT2D eigenvalue weighted by Gasteiger charge is 2.15. The number of nitrogens with zero attached hydrogens (tertiary/aromatic N) is 1. The number of anilines is 3. The minimum absolute atomic E-state index is 0.905. The van der Waals surface area contributed by atoms with Gasteiger partial charge in [-0.05, 0) is 119 Å². The van der Waals surface area contributed by atoms with Crippen LogP contribution < -0.4 is 4.90 Å². The standard InChI is InChI=1S/C24H16BrNO.C19H13O.C6H4BrI/c25-17-7-6-10-19(15-17)26(18-8-2-1-3-9-18)20-13-14-24-22(16-20)21-11-4-5-12-23(21)27-24;1-2-6-14(7-3-1)12-15-10-11-19-17(13-15)16-8-4-5-9-18(16)20-19;7-5-2-1-3-6(8)4-5/h1-16H;2-11,13H,12H2;1-4H/q;+1;. The molecule has 0 radical (unpaired) electrons. The van der Waals surface area contributed by atoms with Crippen LogP contribution in [0.4, 0.5) is 17.1 Å². The fourth-order valence-corrected chi connectivity index (χ4v) is 8.37. The molecule has 3 nitrogen and oxygen atoms in total. The summed E-state index contributed by atoms with van der Waals surface area (Å²) < 4.78 is 15.3. The van der Waals surface area contributed by atoms with Crippen LogP contribution in [0, 0.1) is 9.65 Å². The molecule has 0 saturated carbocycles. The molecule has 9 aromatic rings. The van der Waals surface area contributed by atoms with Gasteiger partial charge in [-0.2, -0.15) is 0 Å². The predicted molar refractivity (Wildman–Crippen MR) is 245 cm³/mol. The summed E-state index contributed by atoms with van der Waals surface area (Å²) in [5.41, 5.74) is 9.64. The molecule has 0 spiro atoms. The molecular formula is C49H33Br2INO2+. The molecule has 0 N–H and O–H groups in total. The van der Waals surface area contributed by atoms with Crippen LogP contribution in [-0.2, 0) is 6.42 Å². The molecule has 0 fully saturated rings. The molecule has 0 aliphatic heterocycles. The van der Waals surface area contributed by atoms with Crippen LogP contribution in [0.1, 0.15) is 5.56 Å². The van der Waals surface area contributed by atoms with E-state index in [1.807, 2.05) is 66.7 Å². The number of benzene rings is 7. The number of fused-ring (bicyclic) bond motifs is 6. The van der Waals surface area contributed by atoms with Gasteiger partial charge in [-0.1, -0.05) is 105 Å². The summed E-state index contributed by atoms with van der Waals surface area (Å²) in [7, 11) is 0. The summed E-state index contributed by atoms with van der Waals surface area (Å²) in [5.74, 6) is 0. The van der Waals surface area contributed by atoms with Crippen LogP contribution in [0.3, 0.4) is 0 Å². The summed E-state index contributed by atoms with van der Waals surface area (Å²) in [6, 6.07) is 56.1. The Balaban J connectivity index is 0.000000133. The second-order valence-electron chi connectivity index (χ2n) is 12.9. The number of hydrogen-bond donors (Lipinski definition) is 0. The van der Waals surface area contributed by atoms with Crippen molar-refractivity contribution >= 4 is 115 Å². The fraction of sp³-hybridized carbons (Fsp3) is 0.0204. The monoisotopic (exact) mass is 952 g/mol. The predicted octanol–water partition coefficient (Wildman–Crippen LogP) is 15.9. The molecule has 2 aromatic heterocycles. The maximum atomic E-state index is 5.99. The summed E-state index contributed by atoms with van der Waals surface area (Å²) in [6.07, 6.45) is 12.1. The van der Waals surface area contributed by atoms with E-state index in [1.165, 1.54) is 25.5 Å². The Bertz CT molecular complexity index is 2830. The van der Waals surface area contributed by atoms with E-state index < -0.39 is 0 Å². The van der Waals surface area contributed by atoms with Gasteiger partial charge in [-0.3, -0.25) is 0 Å². The van der Waals surface area contributed by atoms with Crippen molar-refractivity contribution < 1.29 is 8.83 Å². The Morgan fingerprint density at radius 2 is 1.09 bits per heavy atom. The summed E-state index contributed by atoms with van der Waals surface area (Å²) >= 11 is 9.23. The molecule has 2 heterocycles. The van der Waals surface area contributed by atoms with Gasteiger partial charge >= 0.3 is 0 Å². The van der Waals surface area contributed by atoms with E-state index in [4.69, 9.17) is 8.83 Å². The molecule has 0 unspecified atom stereocenters. The highest BCUT2D eigenvalue weighted by molar-refractivity contribution is 14.1. The van der Waals surface area contributed by atoms with Crippen molar-refractivity contribution in [1.29, 1.82) is 0 Å². The summed E-state index contributed by atoms with van der Waals surface area (Å²) in [4.78, 5) is 2.26. The smallest absolute Gasteiger partial charge is 0.135 e. The largest absolute Gasteiger partial charge is 0.456 e. The van der Waals surface area contributed by atoms with Crippen molar-refractivity contribution in [3.05, 3.63) is 218 Å². The molecule has 1 aliphatic rings. The third-order valence-corrected chi connectivity index (χ3v) is 10.8. The Morgan fingerprint density at radius 1 is 0.509 bits per heavy atom. The Labute approximate surface area is 350 Å². The lowest BCUT2D eigenvalue weighted by Crippen LogP contribution is -2.09. The van der Waals surface area contributed by atoms with Crippen molar-refractivity contribution in [2.75, 3.05) is 4.90 Å². The molecule has 266 valence electrons. The maximum absolute atomic E-state index is 5.99. The maximum Gasteiger partial charge on any atom is 0.135 e. The Morgan fingerprint density at radius 3 is 1.73 bits per heavy atom. The molecule has 10 rings (SSSR count). The highest BCUT2D eigenvalue weighted by atomic mass is 127. The van der Waals surface area contributed by atoms with Crippen molar-refractivity contribution in [2.45, 2.75) is 6.42 Å². The Hall–Kier alpha value is -5.24. The van der Waals surface area contributed by atoms with E-state index in [9.17, 15) is 0 Å². The Kier molecular flexibility index (Phi) is 11.4. The normalized spacial score (nSPS) is 11.8. The fourth-order valence-electron chi connectivity index (χ4n) is 6.61. The highest BCUT2D eigenvalue weighted by Crippen LogP contribution is 2.39. The van der Waals surface area contributed by atoms with Crippen molar-refractivity contribution in [2.24, 2.45) is 0 Å². The quantitative estimate of drug-likeness (QED) is 0.127. The molecule has 0 atom stereocenters. The van der Waals surface area contributed by atoms with Gasteiger partial charge in [-0.15, -0.1) is 0 Å². The van der Waals surface area contributed by atoms with Crippen LogP contribution >= 0.6 is 54.5 Å². The van der Waals surface area contributed by atoms with Gasteiger partial charge in [0.1, 0.15) is 34.5 Å². The molecule has 0 bridgehead atoms. The van der Waals surface area contributed by atoms with Gasteiger partial charge in [0, 0.05) is 63.6 Å². The van der Waals surface area contributed by atoms with E-state index in [1.54, 1.807) is 0 Å². The molecule has 0 saturated heterocycles. The topological polar surface area (TPSA) is 29.5 Å². The van der Waals surface area contributed by atoms with E-state index in [0.29, 0.717) is 0 Å². The number of furan rings is 2. The van der Waals surface area contributed by atoms with Crippen LogP contribution in [-0.4, -0.2) is 0 Å². The zero-order valence-corrected chi connectivity index (χ0v) is 34.8. The van der Waals surface area contributed by atoms with E-state index >= 15 is 0 Å². The zero-order chi connectivity index (χ0) is 37.6. The number of allylic oxidation sites excluding steroid dienone is 6. The van der Waals surface area contributed by atoms with Gasteiger partial charge < -0.3 is 13.7 Å². The number of rotatable bonds is 5. The SMILES string of the molecule is Brc1cccc(I)c1.Brc1cccc(N(c2ccccc2)c2ccc3oc4ccccc4c3c2)c1.[C+]1=CC=C(Cc2ccc3oc4ccccc4c3c2)C=C1. The molecular weight excluding hydrogens is 921 g/mol. The second kappa shape index (κ2) is 17.1. The number of para-hydroxylation sites is 3. The number of halogens is 3. The first kappa shape index (κ1) is 36.7. The average molecular weight is 955 g/mol. The van der Waals surface area contributed by atoms with Crippen molar-refractivity contribution in [1.82, 2.24) is 0 Å². The van der Waals surface area contributed by atoms with Crippen LogP contribution in [0.2, 0.25) is 0 Å². The van der Waals surface area contributed by atoms with Gasteiger partial charge in [0.05, 0.1) is 17.7 Å². The number of hydrogen-bond acceptors (Lipinski definition) is 3. The lowest BCUT2D eigenvalue weighted by atomic mass is 10.0. The summed E-state index contributed by atoms with van der Waals surface area (Å²) in [5, 5.41) is 4.64. The van der Waals surface area contributed by atoms with Gasteiger partial charge in [0.25, 0.3) is 0 Å². The zero-order valence-electron chi connectivity index (χ0n) is 29.5. The van der Waals surface area contributed by atoms with Crippen LogP contribution in [0.15, 0.2) is 211 Å². The van der Waals surface area contributed by atoms with Crippen LogP contribution in [0.25, 0.3) is 43.9 Å². The van der Waals surface area contributed by atoms with Crippen molar-refractivity contribution in [3.63, 3.8) is 0 Å². The first-order valence-corrected chi connectivity index (χ1v) is 20.4. The molecule has 7 aromatic carbocycles. The minimum Gasteiger partial charge on any atom is -0.456 e. The van der Waals surface area contributed by atoms with Gasteiger partial charge in [0.2, 0.25) is 0 Å². The lowest BCUT2D eigenvalue weighted by molar-refractivity contribution is 0.668. The third kappa shape index (κ3) is 8.69. The molecule has 6 heteroatoms.